The number of hydrogen-bond acceptors (Lipinski definition) is 1. The van der Waals surface area contributed by atoms with Gasteiger partial charge in [0.05, 0.1) is 12.5 Å². The number of fused-ring (bicyclic) bond motifs is 1. The van der Waals surface area contributed by atoms with Crippen molar-refractivity contribution >= 4 is 5.57 Å². The van der Waals surface area contributed by atoms with Crippen LogP contribution >= 0.6 is 0 Å². The van der Waals surface area contributed by atoms with Crippen molar-refractivity contribution in [1.82, 2.24) is 0 Å². The maximum Gasteiger partial charge on any atom is 0.522 e. The monoisotopic (exact) mass is 512 g/mol. The Hall–Kier alpha value is -3.20. The first-order valence-corrected chi connectivity index (χ1v) is 11.0. The van der Waals surface area contributed by atoms with Gasteiger partial charge < -0.3 is 0 Å². The molecule has 2 aromatic carbocycles. The second-order valence-electron chi connectivity index (χ2n) is 8.67. The summed E-state index contributed by atoms with van der Waals surface area (Å²) >= 11 is 0. The molecule has 1 nitrogen and oxygen atoms in total. The average molecular weight is 512 g/mol. The zero-order valence-electron chi connectivity index (χ0n) is 18.8. The standard InChI is InChI=1S/C27H20F8O/c1-14-2-4-15(5-3-14)16-6-7-21(22(29)11-16)17-8-18-9-20(28)10-19(13-36-27(33,34)35)25(31)26(32)24(18)23(30)12-17/h2-12,18,24-26H,13H2,1H3/b19-10+,20-9+/t18-,24?,25?,26?/m0/s1. The molecule has 0 aromatic heterocycles. The Morgan fingerprint density at radius 2 is 1.53 bits per heavy atom. The second kappa shape index (κ2) is 10.0. The molecular weight excluding hydrogens is 492 g/mol. The van der Waals surface area contributed by atoms with Crippen molar-refractivity contribution < 1.29 is 39.9 Å². The van der Waals surface area contributed by atoms with Gasteiger partial charge in [0.25, 0.3) is 0 Å². The predicted octanol–water partition coefficient (Wildman–Crippen LogP) is 8.29. The van der Waals surface area contributed by atoms with E-state index in [1.165, 1.54) is 18.2 Å². The molecule has 2 aromatic rings. The summed E-state index contributed by atoms with van der Waals surface area (Å²) in [7, 11) is 0. The van der Waals surface area contributed by atoms with Crippen LogP contribution in [-0.4, -0.2) is 25.3 Å². The van der Waals surface area contributed by atoms with Crippen molar-refractivity contribution in [2.24, 2.45) is 11.8 Å². The van der Waals surface area contributed by atoms with Crippen LogP contribution in [0, 0.1) is 24.6 Å². The molecule has 2 aliphatic carbocycles. The summed E-state index contributed by atoms with van der Waals surface area (Å²) in [5, 5.41) is 0. The fourth-order valence-corrected chi connectivity index (χ4v) is 4.31. The van der Waals surface area contributed by atoms with Gasteiger partial charge in [0, 0.05) is 11.5 Å². The van der Waals surface area contributed by atoms with Crippen molar-refractivity contribution in [2.75, 3.05) is 6.61 Å². The number of rotatable bonds is 4. The molecule has 0 fully saturated rings. The summed E-state index contributed by atoms with van der Waals surface area (Å²) in [5.41, 5.74) is 1.36. The van der Waals surface area contributed by atoms with Gasteiger partial charge in [-0.3, -0.25) is 4.74 Å². The van der Waals surface area contributed by atoms with E-state index < -0.39 is 60.2 Å². The third-order valence-electron chi connectivity index (χ3n) is 6.12. The van der Waals surface area contributed by atoms with Crippen LogP contribution in [0.5, 0.6) is 0 Å². The first kappa shape index (κ1) is 25.9. The van der Waals surface area contributed by atoms with Crippen LogP contribution in [0.4, 0.5) is 35.1 Å². The quantitative estimate of drug-likeness (QED) is 0.375. The number of halogens is 8. The summed E-state index contributed by atoms with van der Waals surface area (Å²) in [5.74, 6) is -6.28. The van der Waals surface area contributed by atoms with E-state index in [0.29, 0.717) is 11.6 Å². The van der Waals surface area contributed by atoms with Gasteiger partial charge in [-0.1, -0.05) is 48.0 Å². The molecule has 0 radical (unpaired) electrons. The Bertz CT molecular complexity index is 1250. The van der Waals surface area contributed by atoms with E-state index in [1.54, 1.807) is 6.07 Å². The van der Waals surface area contributed by atoms with Gasteiger partial charge in [0.1, 0.15) is 23.6 Å². The summed E-state index contributed by atoms with van der Waals surface area (Å²) in [6, 6.07) is 11.6. The first-order chi connectivity index (χ1) is 16.9. The number of allylic oxidation sites excluding steroid dienone is 7. The molecule has 0 bridgehead atoms. The molecule has 0 aliphatic heterocycles. The summed E-state index contributed by atoms with van der Waals surface area (Å²) in [6.45, 7) is 0.457. The second-order valence-corrected chi connectivity index (χ2v) is 8.67. The van der Waals surface area contributed by atoms with Crippen molar-refractivity contribution in [2.45, 2.75) is 25.6 Å². The summed E-state index contributed by atoms with van der Waals surface area (Å²) in [6.07, 6.45) is -7.33. The average Bonchev–Trinajstić information content (AvgIpc) is 2.80. The highest BCUT2D eigenvalue weighted by Gasteiger charge is 2.42. The largest absolute Gasteiger partial charge is 0.522 e. The van der Waals surface area contributed by atoms with Gasteiger partial charge in [0.15, 0.2) is 6.17 Å². The zero-order chi connectivity index (χ0) is 26.2. The normalized spacial score (nSPS) is 27.5. The van der Waals surface area contributed by atoms with Crippen LogP contribution < -0.4 is 0 Å². The minimum Gasteiger partial charge on any atom is -0.287 e. The van der Waals surface area contributed by atoms with Crippen molar-refractivity contribution in [3.05, 3.63) is 101 Å². The van der Waals surface area contributed by atoms with E-state index in [1.807, 2.05) is 31.2 Å². The maximum absolute atomic E-state index is 15.0. The van der Waals surface area contributed by atoms with Crippen LogP contribution in [0.2, 0.25) is 0 Å². The molecule has 4 rings (SSSR count). The van der Waals surface area contributed by atoms with E-state index in [0.717, 1.165) is 23.3 Å². The van der Waals surface area contributed by atoms with E-state index in [9.17, 15) is 26.3 Å². The summed E-state index contributed by atoms with van der Waals surface area (Å²) in [4.78, 5) is 0. The molecule has 9 heteroatoms. The van der Waals surface area contributed by atoms with E-state index in [4.69, 9.17) is 0 Å². The topological polar surface area (TPSA) is 9.23 Å². The molecule has 0 heterocycles. The number of aryl methyl sites for hydroxylation is 1. The number of benzene rings is 2. The Kier molecular flexibility index (Phi) is 7.22. The lowest BCUT2D eigenvalue weighted by molar-refractivity contribution is -0.321. The third kappa shape index (κ3) is 5.61. The van der Waals surface area contributed by atoms with Crippen LogP contribution in [0.25, 0.3) is 16.7 Å². The number of hydrogen-bond donors (Lipinski definition) is 0. The highest BCUT2D eigenvalue weighted by molar-refractivity contribution is 5.78. The maximum atomic E-state index is 15.0. The Balaban J connectivity index is 1.67. The highest BCUT2D eigenvalue weighted by atomic mass is 19.4. The molecule has 0 saturated carbocycles. The number of ether oxygens (including phenoxy) is 1. The van der Waals surface area contributed by atoms with Crippen LogP contribution in [0.3, 0.4) is 0 Å². The SMILES string of the molecule is Cc1ccc(-c2ccc(C3=C[C@H]4/C=C(F)\C=C(/COC(F)(F)F)C(F)C(F)C4C(F)=C3)c(F)c2)cc1. The fraction of sp³-hybridized carbons (Fsp3) is 0.259. The van der Waals surface area contributed by atoms with Crippen LogP contribution in [0.15, 0.2) is 84.0 Å². The van der Waals surface area contributed by atoms with Gasteiger partial charge in [-0.2, -0.15) is 0 Å². The predicted molar refractivity (Wildman–Crippen MR) is 120 cm³/mol. The minimum atomic E-state index is -5.15. The number of alkyl halides is 5. The van der Waals surface area contributed by atoms with E-state index >= 15 is 8.78 Å². The van der Waals surface area contributed by atoms with Gasteiger partial charge >= 0.3 is 6.36 Å². The van der Waals surface area contributed by atoms with Crippen molar-refractivity contribution in [3.8, 4) is 11.1 Å². The Morgan fingerprint density at radius 3 is 2.17 bits per heavy atom. The molecule has 3 unspecified atom stereocenters. The molecule has 0 spiro atoms. The molecule has 0 amide bonds. The van der Waals surface area contributed by atoms with Crippen molar-refractivity contribution in [1.29, 1.82) is 0 Å². The highest BCUT2D eigenvalue weighted by Crippen LogP contribution is 2.43. The molecule has 0 saturated heterocycles. The van der Waals surface area contributed by atoms with Gasteiger partial charge in [-0.25, -0.2) is 22.0 Å². The van der Waals surface area contributed by atoms with Gasteiger partial charge in [-0.15, -0.1) is 13.2 Å². The van der Waals surface area contributed by atoms with Crippen molar-refractivity contribution in [3.63, 3.8) is 0 Å². The van der Waals surface area contributed by atoms with E-state index in [-0.39, 0.29) is 11.1 Å². The molecular formula is C27H20F8O. The first-order valence-electron chi connectivity index (χ1n) is 11.0. The third-order valence-corrected chi connectivity index (χ3v) is 6.12. The summed E-state index contributed by atoms with van der Waals surface area (Å²) < 4.78 is 115. The Labute approximate surface area is 202 Å². The lowest BCUT2D eigenvalue weighted by Crippen LogP contribution is -2.36. The smallest absolute Gasteiger partial charge is 0.287 e. The fourth-order valence-electron chi connectivity index (χ4n) is 4.31. The lowest BCUT2D eigenvalue weighted by Gasteiger charge is -2.32. The molecule has 190 valence electrons. The van der Waals surface area contributed by atoms with Gasteiger partial charge in [0.2, 0.25) is 0 Å². The van der Waals surface area contributed by atoms with E-state index in [2.05, 4.69) is 4.74 Å². The molecule has 0 N–H and O–H groups in total. The van der Waals surface area contributed by atoms with Gasteiger partial charge in [-0.05, 0) is 53.5 Å². The molecule has 2 aliphatic rings. The lowest BCUT2D eigenvalue weighted by atomic mass is 9.77. The Morgan fingerprint density at radius 1 is 0.861 bits per heavy atom. The zero-order valence-corrected chi connectivity index (χ0v) is 18.8. The molecule has 4 atom stereocenters. The minimum absolute atomic E-state index is 0.00135. The van der Waals surface area contributed by atoms with Crippen LogP contribution in [-0.2, 0) is 4.74 Å². The van der Waals surface area contributed by atoms with Crippen LogP contribution in [0.1, 0.15) is 11.1 Å². The molecule has 36 heavy (non-hydrogen) atoms.